The summed E-state index contributed by atoms with van der Waals surface area (Å²) in [6.45, 7) is 12.4. The third kappa shape index (κ3) is 6.73. The van der Waals surface area contributed by atoms with Gasteiger partial charge in [0.1, 0.15) is 10.2 Å². The third-order valence-corrected chi connectivity index (χ3v) is 8.02. The number of rotatable bonds is 7. The number of hydrogen-bond acceptors (Lipinski definition) is 4. The van der Waals surface area contributed by atoms with E-state index in [0.717, 1.165) is 49.1 Å². The van der Waals surface area contributed by atoms with Crippen molar-refractivity contribution in [3.63, 3.8) is 0 Å². The van der Waals surface area contributed by atoms with Crippen LogP contribution >= 0.6 is 15.9 Å². The Labute approximate surface area is 261 Å². The number of hydrogen-bond donors (Lipinski definition) is 1. The Bertz CT molecular complexity index is 1820. The van der Waals surface area contributed by atoms with Gasteiger partial charge in [-0.3, -0.25) is 4.79 Å². The zero-order chi connectivity index (χ0) is 30.9. The molecule has 1 amide bonds. The molecule has 1 atom stereocenters. The molecule has 2 aromatic heterocycles. The molecule has 0 saturated heterocycles. The first-order chi connectivity index (χ1) is 20.4. The lowest BCUT2D eigenvalue weighted by molar-refractivity contribution is 0.00703. The van der Waals surface area contributed by atoms with E-state index in [4.69, 9.17) is 4.74 Å². The van der Waals surface area contributed by atoms with Gasteiger partial charge in [0.2, 0.25) is 0 Å². The fourth-order valence-corrected chi connectivity index (χ4v) is 5.59. The van der Waals surface area contributed by atoms with Crippen molar-refractivity contribution in [3.05, 3.63) is 123 Å². The van der Waals surface area contributed by atoms with Gasteiger partial charge >= 0.3 is 5.97 Å². The molecule has 0 aliphatic rings. The van der Waals surface area contributed by atoms with Gasteiger partial charge in [0.25, 0.3) is 5.91 Å². The van der Waals surface area contributed by atoms with Crippen molar-refractivity contribution in [2.45, 2.75) is 59.7 Å². The van der Waals surface area contributed by atoms with Crippen LogP contribution in [-0.2, 0) is 11.3 Å². The van der Waals surface area contributed by atoms with Crippen molar-refractivity contribution in [3.8, 4) is 11.1 Å². The van der Waals surface area contributed by atoms with Gasteiger partial charge in [-0.05, 0) is 116 Å². The topological polar surface area (TPSA) is 73.2 Å². The molecule has 0 fully saturated rings. The zero-order valence-electron chi connectivity index (χ0n) is 25.4. The number of carbonyl (C=O) groups excluding carboxylic acids is 2. The molecule has 0 radical (unpaired) electrons. The summed E-state index contributed by atoms with van der Waals surface area (Å²) in [5, 5.41) is 4.12. The molecular formula is C36H36BrN3O3. The maximum atomic E-state index is 13.1. The number of pyridine rings is 1. The summed E-state index contributed by atoms with van der Waals surface area (Å²) in [4.78, 5) is 30.5. The van der Waals surface area contributed by atoms with Crippen molar-refractivity contribution < 1.29 is 14.3 Å². The number of nitrogens with zero attached hydrogens (tertiary/aromatic N) is 2. The van der Waals surface area contributed by atoms with Crippen molar-refractivity contribution >= 4 is 38.7 Å². The second kappa shape index (κ2) is 12.2. The lowest BCUT2D eigenvalue weighted by Crippen LogP contribution is -2.27. The average Bonchev–Trinajstić information content (AvgIpc) is 3.21. The van der Waals surface area contributed by atoms with Gasteiger partial charge in [-0.15, -0.1) is 0 Å². The molecule has 3 aromatic carbocycles. The van der Waals surface area contributed by atoms with Crippen LogP contribution in [0.25, 0.3) is 22.0 Å². The molecule has 6 nitrogen and oxygen atoms in total. The van der Waals surface area contributed by atoms with Crippen LogP contribution in [0, 0.1) is 13.8 Å². The third-order valence-electron chi connectivity index (χ3n) is 7.58. The monoisotopic (exact) mass is 637 g/mol. The Morgan fingerprint density at radius 3 is 2.37 bits per heavy atom. The molecule has 5 aromatic rings. The summed E-state index contributed by atoms with van der Waals surface area (Å²) in [6, 6.07) is 27.2. The summed E-state index contributed by atoms with van der Waals surface area (Å²) < 4.78 is 8.66. The van der Waals surface area contributed by atoms with Gasteiger partial charge in [0, 0.05) is 28.7 Å². The molecule has 2 heterocycles. The number of benzene rings is 3. The molecule has 0 bridgehead atoms. The molecular weight excluding hydrogens is 602 g/mol. The van der Waals surface area contributed by atoms with E-state index in [1.54, 1.807) is 0 Å². The Kier molecular flexibility index (Phi) is 8.56. The predicted molar refractivity (Wildman–Crippen MR) is 175 cm³/mol. The number of fused-ring (bicyclic) bond motifs is 1. The smallest absolute Gasteiger partial charge is 0.339 e. The Balaban J connectivity index is 1.37. The van der Waals surface area contributed by atoms with Crippen LogP contribution < -0.4 is 5.32 Å². The highest BCUT2D eigenvalue weighted by molar-refractivity contribution is 9.10. The molecule has 0 aliphatic heterocycles. The van der Waals surface area contributed by atoms with Crippen molar-refractivity contribution in [1.29, 1.82) is 0 Å². The summed E-state index contributed by atoms with van der Waals surface area (Å²) in [7, 11) is 0. The SMILES string of the molecule is Cc1c(C)n(Cc2ccc(-c3ccccc3C(=O)OC(C)(C)C)cc2)c2ccc(C(=O)NC(C)c3cccc(Br)n3)cc12. The van der Waals surface area contributed by atoms with E-state index in [1.165, 1.54) is 0 Å². The number of carbonyl (C=O) groups is 2. The van der Waals surface area contributed by atoms with Gasteiger partial charge in [0.15, 0.2) is 0 Å². The van der Waals surface area contributed by atoms with E-state index >= 15 is 0 Å². The van der Waals surface area contributed by atoms with Gasteiger partial charge in [-0.1, -0.05) is 48.5 Å². The van der Waals surface area contributed by atoms with Crippen LogP contribution in [0.2, 0.25) is 0 Å². The Morgan fingerprint density at radius 1 is 0.953 bits per heavy atom. The zero-order valence-corrected chi connectivity index (χ0v) is 27.0. The van der Waals surface area contributed by atoms with E-state index in [9.17, 15) is 9.59 Å². The fraction of sp³-hybridized carbons (Fsp3) is 0.250. The Hall–Kier alpha value is -4.23. The number of aryl methyl sites for hydroxylation is 1. The second-order valence-corrected chi connectivity index (χ2v) is 12.7. The lowest BCUT2D eigenvalue weighted by atomic mass is 9.98. The summed E-state index contributed by atoms with van der Waals surface area (Å²) in [5.41, 5.74) is 7.70. The fourth-order valence-electron chi connectivity index (χ4n) is 5.23. The molecule has 0 spiro atoms. The normalized spacial score (nSPS) is 12.3. The highest BCUT2D eigenvalue weighted by Crippen LogP contribution is 2.30. The number of halogens is 1. The minimum Gasteiger partial charge on any atom is -0.456 e. The molecule has 0 saturated carbocycles. The molecule has 1 unspecified atom stereocenters. The molecule has 0 aliphatic carbocycles. The van der Waals surface area contributed by atoms with E-state index in [1.807, 2.05) is 88.4 Å². The molecule has 1 N–H and O–H groups in total. The van der Waals surface area contributed by atoms with Crippen molar-refractivity contribution in [1.82, 2.24) is 14.9 Å². The Morgan fingerprint density at radius 2 is 1.67 bits per heavy atom. The maximum Gasteiger partial charge on any atom is 0.339 e. The van der Waals surface area contributed by atoms with E-state index in [-0.39, 0.29) is 17.9 Å². The van der Waals surface area contributed by atoms with Gasteiger partial charge < -0.3 is 14.6 Å². The maximum absolute atomic E-state index is 13.1. The molecule has 7 heteroatoms. The molecule has 220 valence electrons. The first kappa shape index (κ1) is 30.2. The second-order valence-electron chi connectivity index (χ2n) is 11.9. The van der Waals surface area contributed by atoms with Gasteiger partial charge in [-0.25, -0.2) is 9.78 Å². The van der Waals surface area contributed by atoms with Gasteiger partial charge in [0.05, 0.1) is 17.3 Å². The van der Waals surface area contributed by atoms with Crippen LogP contribution in [0.1, 0.15) is 77.0 Å². The predicted octanol–water partition coefficient (Wildman–Crippen LogP) is 8.58. The van der Waals surface area contributed by atoms with Crippen LogP contribution in [0.3, 0.4) is 0 Å². The van der Waals surface area contributed by atoms with E-state index in [2.05, 4.69) is 68.9 Å². The molecule has 5 rings (SSSR count). The number of ether oxygens (including phenoxy) is 1. The number of aromatic nitrogens is 2. The van der Waals surface area contributed by atoms with Crippen LogP contribution in [0.15, 0.2) is 89.5 Å². The van der Waals surface area contributed by atoms with Crippen LogP contribution in [0.4, 0.5) is 0 Å². The largest absolute Gasteiger partial charge is 0.456 e. The van der Waals surface area contributed by atoms with Crippen molar-refractivity contribution in [2.24, 2.45) is 0 Å². The summed E-state index contributed by atoms with van der Waals surface area (Å²) >= 11 is 3.40. The number of amides is 1. The minimum atomic E-state index is -0.566. The standard InChI is InChI=1S/C36H36BrN3O3/c1-22-24(3)40(32-19-18-27(20-30(22)32)34(41)38-23(2)31-12-9-13-33(37)39-31)21-25-14-16-26(17-15-25)28-10-7-8-11-29(28)35(42)43-36(4,5)6/h7-20,23H,21H2,1-6H3,(H,38,41). The summed E-state index contributed by atoms with van der Waals surface area (Å²) in [5.74, 6) is -0.465. The van der Waals surface area contributed by atoms with Crippen LogP contribution in [-0.4, -0.2) is 27.0 Å². The average molecular weight is 639 g/mol. The van der Waals surface area contributed by atoms with E-state index in [0.29, 0.717) is 17.7 Å². The quantitative estimate of drug-likeness (QED) is 0.143. The summed E-state index contributed by atoms with van der Waals surface area (Å²) in [6.07, 6.45) is 0. The van der Waals surface area contributed by atoms with Gasteiger partial charge in [-0.2, -0.15) is 0 Å². The lowest BCUT2D eigenvalue weighted by Gasteiger charge is -2.20. The van der Waals surface area contributed by atoms with E-state index < -0.39 is 5.60 Å². The first-order valence-corrected chi connectivity index (χ1v) is 15.1. The first-order valence-electron chi connectivity index (χ1n) is 14.4. The van der Waals surface area contributed by atoms with Crippen molar-refractivity contribution in [2.75, 3.05) is 0 Å². The number of esters is 1. The highest BCUT2D eigenvalue weighted by Gasteiger charge is 2.21. The number of nitrogens with one attached hydrogen (secondary N) is 1. The minimum absolute atomic E-state index is 0.136. The van der Waals surface area contributed by atoms with Crippen LogP contribution in [0.5, 0.6) is 0 Å². The highest BCUT2D eigenvalue weighted by atomic mass is 79.9. The molecule has 43 heavy (non-hydrogen) atoms.